The van der Waals surface area contributed by atoms with Crippen LogP contribution in [0.5, 0.6) is 5.75 Å². The van der Waals surface area contributed by atoms with E-state index in [2.05, 4.69) is 10.6 Å². The molecule has 7 heteroatoms. The molecule has 2 N–H and O–H groups in total. The van der Waals surface area contributed by atoms with Gasteiger partial charge in [-0.3, -0.25) is 4.79 Å². The molecule has 1 heterocycles. The van der Waals surface area contributed by atoms with Gasteiger partial charge in [-0.05, 0) is 25.1 Å². The van der Waals surface area contributed by atoms with E-state index in [1.165, 1.54) is 6.07 Å². The monoisotopic (exact) mass is 316 g/mol. The van der Waals surface area contributed by atoms with Gasteiger partial charge in [0, 0.05) is 18.0 Å². The average Bonchev–Trinajstić information content (AvgIpc) is 2.40. The fourth-order valence-electron chi connectivity index (χ4n) is 2.17. The topological polar surface area (TPSA) is 50.4 Å². The minimum atomic E-state index is -4.39. The number of rotatable bonds is 6. The minimum absolute atomic E-state index is 0.0999. The number of hydrogen-bond acceptors (Lipinski definition) is 3. The number of amides is 1. The third-order valence-electron chi connectivity index (χ3n) is 3.75. The van der Waals surface area contributed by atoms with Gasteiger partial charge in [-0.15, -0.1) is 0 Å². The standard InChI is InChI=1S/C15H19F3N2O2/c1-10(12-6-19-7-12)14(21)20-8-11-4-2-3-5-13(11)22-9-15(16,17)18/h2-5,10,12,19H,6-9H2,1H3,(H,20,21). The highest BCUT2D eigenvalue weighted by Gasteiger charge is 2.30. The summed E-state index contributed by atoms with van der Waals surface area (Å²) in [6.07, 6.45) is -4.39. The van der Waals surface area contributed by atoms with Gasteiger partial charge in [0.15, 0.2) is 6.61 Å². The normalized spacial score (nSPS) is 16.7. The van der Waals surface area contributed by atoms with Crippen molar-refractivity contribution in [2.24, 2.45) is 11.8 Å². The number of alkyl halides is 3. The van der Waals surface area contributed by atoms with Gasteiger partial charge in [0.1, 0.15) is 5.75 Å². The average molecular weight is 316 g/mol. The number of benzene rings is 1. The second kappa shape index (κ2) is 7.00. The lowest BCUT2D eigenvalue weighted by atomic mass is 9.88. The van der Waals surface area contributed by atoms with Crippen LogP contribution in [0.15, 0.2) is 24.3 Å². The zero-order chi connectivity index (χ0) is 16.2. The Hall–Kier alpha value is -1.76. The van der Waals surface area contributed by atoms with Crippen LogP contribution in [0.3, 0.4) is 0 Å². The predicted molar refractivity (Wildman–Crippen MR) is 75.4 cm³/mol. The Morgan fingerprint density at radius 2 is 2.09 bits per heavy atom. The van der Waals surface area contributed by atoms with E-state index in [0.29, 0.717) is 11.5 Å². The van der Waals surface area contributed by atoms with Gasteiger partial charge in [-0.1, -0.05) is 25.1 Å². The molecule has 0 spiro atoms. The maximum atomic E-state index is 12.2. The van der Waals surface area contributed by atoms with E-state index in [0.717, 1.165) is 13.1 Å². The van der Waals surface area contributed by atoms with Crippen molar-refractivity contribution in [3.8, 4) is 5.75 Å². The van der Waals surface area contributed by atoms with E-state index in [4.69, 9.17) is 4.74 Å². The van der Waals surface area contributed by atoms with Gasteiger partial charge in [-0.25, -0.2) is 0 Å². The van der Waals surface area contributed by atoms with Crippen LogP contribution in [-0.2, 0) is 11.3 Å². The molecule has 0 saturated carbocycles. The maximum Gasteiger partial charge on any atom is 0.422 e. The molecule has 0 aliphatic carbocycles. The fraction of sp³-hybridized carbons (Fsp3) is 0.533. The molecule has 1 aliphatic heterocycles. The zero-order valence-electron chi connectivity index (χ0n) is 12.2. The van der Waals surface area contributed by atoms with Crippen molar-refractivity contribution in [1.29, 1.82) is 0 Å². The van der Waals surface area contributed by atoms with Crippen LogP contribution in [0.2, 0.25) is 0 Å². The first kappa shape index (κ1) is 16.6. The smallest absolute Gasteiger partial charge is 0.422 e. The van der Waals surface area contributed by atoms with Crippen molar-refractivity contribution in [3.63, 3.8) is 0 Å². The molecule has 1 saturated heterocycles. The molecule has 2 rings (SSSR count). The molecule has 1 atom stereocenters. The van der Waals surface area contributed by atoms with E-state index in [-0.39, 0.29) is 24.1 Å². The Kier molecular flexibility index (Phi) is 5.28. The second-order valence-electron chi connectivity index (χ2n) is 5.44. The highest BCUT2D eigenvalue weighted by molar-refractivity contribution is 5.78. The van der Waals surface area contributed by atoms with Crippen LogP contribution in [-0.4, -0.2) is 31.8 Å². The minimum Gasteiger partial charge on any atom is -0.484 e. The molecule has 1 fully saturated rings. The molecule has 1 unspecified atom stereocenters. The maximum absolute atomic E-state index is 12.2. The molecule has 1 aliphatic rings. The Balaban J connectivity index is 1.90. The summed E-state index contributed by atoms with van der Waals surface area (Å²) in [5.41, 5.74) is 0.527. The van der Waals surface area contributed by atoms with E-state index in [1.54, 1.807) is 18.2 Å². The first-order chi connectivity index (χ1) is 10.4. The molecule has 1 aromatic rings. The summed E-state index contributed by atoms with van der Waals surface area (Å²) in [5.74, 6) is 0.233. The van der Waals surface area contributed by atoms with E-state index < -0.39 is 12.8 Å². The summed E-state index contributed by atoms with van der Waals surface area (Å²) in [6.45, 7) is 2.30. The molecule has 1 aromatic carbocycles. The SMILES string of the molecule is CC(C(=O)NCc1ccccc1OCC(F)(F)F)C1CNC1. The molecular formula is C15H19F3N2O2. The molecule has 122 valence electrons. The van der Waals surface area contributed by atoms with Gasteiger partial charge in [-0.2, -0.15) is 13.2 Å². The van der Waals surface area contributed by atoms with Crippen LogP contribution in [0.25, 0.3) is 0 Å². The lowest BCUT2D eigenvalue weighted by Crippen LogP contribution is -2.49. The Morgan fingerprint density at radius 3 is 2.68 bits per heavy atom. The first-order valence-corrected chi connectivity index (χ1v) is 7.12. The first-order valence-electron chi connectivity index (χ1n) is 7.12. The summed E-state index contributed by atoms with van der Waals surface area (Å²) in [5, 5.41) is 5.86. The van der Waals surface area contributed by atoms with Gasteiger partial charge in [0.2, 0.25) is 5.91 Å². The summed E-state index contributed by atoms with van der Waals surface area (Å²) in [7, 11) is 0. The predicted octanol–water partition coefficient (Wildman–Crippen LogP) is 2.10. The number of carbonyl (C=O) groups is 1. The second-order valence-corrected chi connectivity index (χ2v) is 5.44. The lowest BCUT2D eigenvalue weighted by molar-refractivity contribution is -0.153. The van der Waals surface area contributed by atoms with Crippen molar-refractivity contribution >= 4 is 5.91 Å². The van der Waals surface area contributed by atoms with Crippen LogP contribution < -0.4 is 15.4 Å². The molecule has 1 amide bonds. The summed E-state index contributed by atoms with van der Waals surface area (Å²) >= 11 is 0. The summed E-state index contributed by atoms with van der Waals surface area (Å²) in [6, 6.07) is 6.40. The number of halogens is 3. The Bertz CT molecular complexity index is 516. The molecule has 4 nitrogen and oxygen atoms in total. The quantitative estimate of drug-likeness (QED) is 0.845. The zero-order valence-corrected chi connectivity index (χ0v) is 12.2. The van der Waals surface area contributed by atoms with Gasteiger partial charge in [0.25, 0.3) is 0 Å². The van der Waals surface area contributed by atoms with Crippen LogP contribution >= 0.6 is 0 Å². The highest BCUT2D eigenvalue weighted by Crippen LogP contribution is 2.22. The van der Waals surface area contributed by atoms with Crippen molar-refractivity contribution < 1.29 is 22.7 Å². The molecule has 0 radical (unpaired) electrons. The number of ether oxygens (including phenoxy) is 1. The van der Waals surface area contributed by atoms with Gasteiger partial charge >= 0.3 is 6.18 Å². The third kappa shape index (κ3) is 4.62. The van der Waals surface area contributed by atoms with Crippen LogP contribution in [0.4, 0.5) is 13.2 Å². The number of nitrogens with one attached hydrogen (secondary N) is 2. The Labute approximate surface area is 127 Å². The van der Waals surface area contributed by atoms with Crippen molar-refractivity contribution in [2.75, 3.05) is 19.7 Å². The van der Waals surface area contributed by atoms with Crippen molar-refractivity contribution in [1.82, 2.24) is 10.6 Å². The van der Waals surface area contributed by atoms with Gasteiger partial charge < -0.3 is 15.4 Å². The molecule has 0 bridgehead atoms. The molecular weight excluding hydrogens is 297 g/mol. The number of para-hydroxylation sites is 1. The van der Waals surface area contributed by atoms with E-state index in [9.17, 15) is 18.0 Å². The van der Waals surface area contributed by atoms with Gasteiger partial charge in [0.05, 0.1) is 0 Å². The number of carbonyl (C=O) groups excluding carboxylic acids is 1. The van der Waals surface area contributed by atoms with Crippen molar-refractivity contribution in [3.05, 3.63) is 29.8 Å². The summed E-state index contributed by atoms with van der Waals surface area (Å²) < 4.78 is 41.5. The van der Waals surface area contributed by atoms with E-state index >= 15 is 0 Å². The third-order valence-corrected chi connectivity index (χ3v) is 3.75. The lowest BCUT2D eigenvalue weighted by Gasteiger charge is -2.31. The number of hydrogen-bond donors (Lipinski definition) is 2. The van der Waals surface area contributed by atoms with Crippen LogP contribution in [0, 0.1) is 11.8 Å². The highest BCUT2D eigenvalue weighted by atomic mass is 19.4. The fourth-order valence-corrected chi connectivity index (χ4v) is 2.17. The summed E-state index contributed by atoms with van der Waals surface area (Å²) in [4.78, 5) is 12.0. The van der Waals surface area contributed by atoms with E-state index in [1.807, 2.05) is 6.92 Å². The largest absolute Gasteiger partial charge is 0.484 e. The molecule has 22 heavy (non-hydrogen) atoms. The molecule has 0 aromatic heterocycles. The van der Waals surface area contributed by atoms with Crippen molar-refractivity contribution in [2.45, 2.75) is 19.6 Å². The Morgan fingerprint density at radius 1 is 1.41 bits per heavy atom. The van der Waals surface area contributed by atoms with Crippen LogP contribution in [0.1, 0.15) is 12.5 Å².